The van der Waals surface area contributed by atoms with E-state index in [-0.39, 0.29) is 25.7 Å². The van der Waals surface area contributed by atoms with Crippen LogP contribution in [0.5, 0.6) is 0 Å². The Kier molecular flexibility index (Phi) is 70.6. The van der Waals surface area contributed by atoms with E-state index in [1.54, 1.807) is 0 Å². The summed E-state index contributed by atoms with van der Waals surface area (Å²) < 4.78 is 68.8. The molecule has 0 aliphatic rings. The Morgan fingerprint density at radius 2 is 0.471 bits per heavy atom. The summed E-state index contributed by atoms with van der Waals surface area (Å²) >= 11 is 0. The lowest BCUT2D eigenvalue weighted by Crippen LogP contribution is -2.30. The second kappa shape index (κ2) is 72.0. The fraction of sp³-hybridized carbons (Fsp3) is 0.952. The molecule has 0 spiro atoms. The minimum absolute atomic E-state index is 0.107. The molecule has 0 rings (SSSR count). The molecule has 0 radical (unpaired) electrons. The Morgan fingerprint density at radius 3 is 0.696 bits per heavy atom. The van der Waals surface area contributed by atoms with Gasteiger partial charge in [-0.3, -0.25) is 37.3 Å². The molecule has 0 aromatic rings. The van der Waals surface area contributed by atoms with Gasteiger partial charge in [-0.25, -0.2) is 9.13 Å². The van der Waals surface area contributed by atoms with Gasteiger partial charge in [0, 0.05) is 25.7 Å². The van der Waals surface area contributed by atoms with Gasteiger partial charge >= 0.3 is 39.5 Å². The molecule has 0 amide bonds. The van der Waals surface area contributed by atoms with Gasteiger partial charge in [0.15, 0.2) is 12.2 Å². The van der Waals surface area contributed by atoms with Crippen LogP contribution >= 0.6 is 15.6 Å². The summed E-state index contributed by atoms with van der Waals surface area (Å²) in [6, 6.07) is 0. The average Bonchev–Trinajstić information content (AvgIpc) is 0.928. The first-order valence-corrected chi connectivity index (χ1v) is 45.8. The fourth-order valence-electron chi connectivity index (χ4n) is 12.7. The van der Waals surface area contributed by atoms with Crippen LogP contribution < -0.4 is 0 Å². The molecule has 0 saturated heterocycles. The van der Waals surface area contributed by atoms with Crippen LogP contribution in [0.15, 0.2) is 0 Å². The number of unbranched alkanes of at least 4 members (excludes halogenated alkanes) is 43. The van der Waals surface area contributed by atoms with Crippen LogP contribution in [0, 0.1) is 23.7 Å². The molecule has 0 aromatic heterocycles. The van der Waals surface area contributed by atoms with Crippen LogP contribution in [0.3, 0.4) is 0 Å². The van der Waals surface area contributed by atoms with Gasteiger partial charge in [0.05, 0.1) is 26.4 Å². The first-order valence-electron chi connectivity index (χ1n) is 42.8. The quantitative estimate of drug-likeness (QED) is 0.0222. The standard InChI is InChI=1S/C83H162O17P2/c1-9-74(6)60-52-44-36-30-26-22-18-14-12-13-15-19-23-27-31-39-49-57-65-82(87)99-78(69-93-80(85)63-55-47-38-34-33-37-45-53-61-75(7)10-2)71-97-101(89,90)95-67-77(84)68-96-102(91,92)98-72-79(70-94-81(86)64-56-48-42-41-46-54-62-76(8)11-3)100-83(88)66-58-50-40-32-28-24-20-16-17-21-25-29-35-43-51-59-73(4)5/h73-79,84H,9-72H2,1-8H3,(H,89,90)(H,91,92)/t74?,75?,76?,77-,78-,79-/m1/s1. The Morgan fingerprint density at radius 1 is 0.275 bits per heavy atom. The van der Waals surface area contributed by atoms with Gasteiger partial charge in [-0.15, -0.1) is 0 Å². The second-order valence-electron chi connectivity index (χ2n) is 31.1. The highest BCUT2D eigenvalue weighted by Gasteiger charge is 2.30. The van der Waals surface area contributed by atoms with Crippen LogP contribution in [0.2, 0.25) is 0 Å². The molecule has 0 aliphatic carbocycles. The SMILES string of the molecule is CCC(C)CCCCCCCCCCCCCCCCCCCCC(=O)O[C@H](COC(=O)CCCCCCCCCCC(C)CC)COP(=O)(O)OC[C@@H](O)COP(=O)(O)OC[C@@H](COC(=O)CCCCCCCCC(C)CC)OC(=O)CCCCCCCCCCCCCCCCCC(C)C. The van der Waals surface area contributed by atoms with Crippen LogP contribution in [0.25, 0.3) is 0 Å². The van der Waals surface area contributed by atoms with Crippen molar-refractivity contribution in [1.82, 2.24) is 0 Å². The van der Waals surface area contributed by atoms with Crippen LogP contribution in [-0.2, 0) is 65.4 Å². The number of carbonyl (C=O) groups is 4. The van der Waals surface area contributed by atoms with E-state index in [0.29, 0.717) is 25.7 Å². The molecule has 102 heavy (non-hydrogen) atoms. The maximum Gasteiger partial charge on any atom is 0.472 e. The first-order chi connectivity index (χ1) is 49.2. The molecule has 0 fully saturated rings. The van der Waals surface area contributed by atoms with Crippen molar-refractivity contribution < 1.29 is 80.2 Å². The van der Waals surface area contributed by atoms with Gasteiger partial charge in [0.25, 0.3) is 0 Å². The smallest absolute Gasteiger partial charge is 0.462 e. The van der Waals surface area contributed by atoms with Crippen molar-refractivity contribution in [3.05, 3.63) is 0 Å². The topological polar surface area (TPSA) is 237 Å². The maximum absolute atomic E-state index is 13.1. The highest BCUT2D eigenvalue weighted by atomic mass is 31.2. The van der Waals surface area contributed by atoms with E-state index in [2.05, 4.69) is 55.4 Å². The van der Waals surface area contributed by atoms with E-state index in [1.165, 1.54) is 225 Å². The van der Waals surface area contributed by atoms with Crippen molar-refractivity contribution in [3.63, 3.8) is 0 Å². The lowest BCUT2D eigenvalue weighted by atomic mass is 9.99. The van der Waals surface area contributed by atoms with E-state index >= 15 is 0 Å². The number of hydrogen-bond donors (Lipinski definition) is 3. The lowest BCUT2D eigenvalue weighted by Gasteiger charge is -2.21. The summed E-state index contributed by atoms with van der Waals surface area (Å²) in [4.78, 5) is 73.1. The molecule has 17 nitrogen and oxygen atoms in total. The van der Waals surface area contributed by atoms with E-state index in [9.17, 15) is 43.2 Å². The predicted octanol–water partition coefficient (Wildman–Crippen LogP) is 24.8. The molecule has 0 saturated carbocycles. The monoisotopic (exact) mass is 1490 g/mol. The summed E-state index contributed by atoms with van der Waals surface area (Å²) in [5.41, 5.74) is 0. The van der Waals surface area contributed by atoms with Crippen molar-refractivity contribution in [2.45, 2.75) is 446 Å². The van der Waals surface area contributed by atoms with Crippen molar-refractivity contribution in [2.24, 2.45) is 23.7 Å². The van der Waals surface area contributed by atoms with E-state index in [4.69, 9.17) is 37.0 Å². The second-order valence-corrected chi connectivity index (χ2v) is 34.0. The molecule has 0 aliphatic heterocycles. The van der Waals surface area contributed by atoms with Gasteiger partial charge in [0.2, 0.25) is 0 Å². The normalized spacial score (nSPS) is 14.8. The Labute approximate surface area is 626 Å². The largest absolute Gasteiger partial charge is 0.472 e. The van der Waals surface area contributed by atoms with Gasteiger partial charge in [-0.2, -0.15) is 0 Å². The van der Waals surface area contributed by atoms with E-state index in [0.717, 1.165) is 120 Å². The fourth-order valence-corrected chi connectivity index (χ4v) is 14.3. The molecular formula is C83H162O17P2. The molecule has 0 bridgehead atoms. The minimum Gasteiger partial charge on any atom is -0.462 e. The number of phosphoric acid groups is 2. The molecule has 8 atom stereocenters. The molecule has 0 aromatic carbocycles. The van der Waals surface area contributed by atoms with E-state index in [1.807, 2.05) is 0 Å². The zero-order chi connectivity index (χ0) is 75.3. The number of aliphatic hydroxyl groups excluding tert-OH is 1. The van der Waals surface area contributed by atoms with Gasteiger partial charge < -0.3 is 33.8 Å². The third-order valence-corrected chi connectivity index (χ3v) is 22.3. The number of esters is 4. The molecule has 0 heterocycles. The number of ether oxygens (including phenoxy) is 4. The number of carbonyl (C=O) groups excluding carboxylic acids is 4. The van der Waals surface area contributed by atoms with Crippen LogP contribution in [0.4, 0.5) is 0 Å². The molecule has 5 unspecified atom stereocenters. The molecule has 3 N–H and O–H groups in total. The van der Waals surface area contributed by atoms with Crippen molar-refractivity contribution >= 4 is 39.5 Å². The number of aliphatic hydroxyl groups is 1. The third-order valence-electron chi connectivity index (χ3n) is 20.4. The van der Waals surface area contributed by atoms with Gasteiger partial charge in [-0.05, 0) is 49.4 Å². The van der Waals surface area contributed by atoms with Crippen molar-refractivity contribution in [1.29, 1.82) is 0 Å². The summed E-state index contributed by atoms with van der Waals surface area (Å²) in [6.07, 6.45) is 59.7. The highest BCUT2D eigenvalue weighted by Crippen LogP contribution is 2.45. The summed E-state index contributed by atoms with van der Waals surface area (Å²) in [5, 5.41) is 10.6. The first kappa shape index (κ1) is 100. The van der Waals surface area contributed by atoms with Crippen molar-refractivity contribution in [3.8, 4) is 0 Å². The summed E-state index contributed by atoms with van der Waals surface area (Å²) in [5.74, 6) is 1.07. The average molecular weight is 1490 g/mol. The lowest BCUT2D eigenvalue weighted by molar-refractivity contribution is -0.161. The molecular weight excluding hydrogens is 1330 g/mol. The summed E-state index contributed by atoms with van der Waals surface area (Å²) in [7, 11) is -9.92. The zero-order valence-electron chi connectivity index (χ0n) is 67.2. The Bertz CT molecular complexity index is 1990. The van der Waals surface area contributed by atoms with Gasteiger partial charge in [0.1, 0.15) is 19.3 Å². The van der Waals surface area contributed by atoms with Crippen LogP contribution in [0.1, 0.15) is 428 Å². The molecule has 19 heteroatoms. The van der Waals surface area contributed by atoms with Crippen LogP contribution in [-0.4, -0.2) is 96.7 Å². The maximum atomic E-state index is 13.1. The Balaban J connectivity index is 5.20. The predicted molar refractivity (Wildman–Crippen MR) is 418 cm³/mol. The highest BCUT2D eigenvalue weighted by molar-refractivity contribution is 7.47. The molecule has 606 valence electrons. The zero-order valence-corrected chi connectivity index (χ0v) is 69.0. The van der Waals surface area contributed by atoms with Crippen molar-refractivity contribution in [2.75, 3.05) is 39.6 Å². The number of rotatable bonds is 80. The third kappa shape index (κ3) is 72.3. The van der Waals surface area contributed by atoms with E-state index < -0.39 is 97.5 Å². The summed E-state index contributed by atoms with van der Waals surface area (Å²) in [6.45, 7) is 14.3. The number of phosphoric ester groups is 2. The number of hydrogen-bond acceptors (Lipinski definition) is 15. The Hall–Kier alpha value is -1.94. The minimum atomic E-state index is -4.96. The van der Waals surface area contributed by atoms with Gasteiger partial charge in [-0.1, -0.05) is 376 Å².